The van der Waals surface area contributed by atoms with Gasteiger partial charge in [0.2, 0.25) is 0 Å². The predicted molar refractivity (Wildman–Crippen MR) is 94.8 cm³/mol. The molecule has 0 unspecified atom stereocenters. The first kappa shape index (κ1) is 18.3. The lowest BCUT2D eigenvalue weighted by atomic mass is 10.2. The molecule has 0 aliphatic carbocycles. The molecule has 1 N–H and O–H groups in total. The number of nitrogens with zero attached hydrogens (tertiary/aromatic N) is 1. The largest absolute Gasteiger partial charge is 0.443 e. The first-order valence-electron chi connectivity index (χ1n) is 7.91. The van der Waals surface area contributed by atoms with Crippen molar-refractivity contribution in [3.63, 3.8) is 0 Å². The molecule has 0 heterocycles. The fourth-order valence-corrected chi connectivity index (χ4v) is 1.90. The Morgan fingerprint density at radius 1 is 0.920 bits per heavy atom. The lowest BCUT2D eigenvalue weighted by Crippen LogP contribution is -2.44. The minimum atomic E-state index is -0.845. The molecule has 0 radical (unpaired) electrons. The summed E-state index contributed by atoms with van der Waals surface area (Å²) in [6.07, 6.45) is -1.68. The Morgan fingerprint density at radius 3 is 2.04 bits per heavy atom. The molecule has 0 bridgehead atoms. The zero-order valence-electron chi connectivity index (χ0n) is 14.6. The fraction of sp³-hybridized carbons (Fsp3) is 0.263. The minimum absolute atomic E-state index is 0.0510. The quantitative estimate of drug-likeness (QED) is 0.823. The van der Waals surface area contributed by atoms with Crippen molar-refractivity contribution in [2.75, 3.05) is 5.43 Å². The van der Waals surface area contributed by atoms with Gasteiger partial charge >= 0.3 is 12.2 Å². The second-order valence-corrected chi connectivity index (χ2v) is 6.33. The van der Waals surface area contributed by atoms with Gasteiger partial charge in [-0.05, 0) is 38.5 Å². The summed E-state index contributed by atoms with van der Waals surface area (Å²) in [6.45, 7) is 5.22. The van der Waals surface area contributed by atoms with Gasteiger partial charge in [-0.3, -0.25) is 5.43 Å². The van der Waals surface area contributed by atoms with Gasteiger partial charge in [-0.25, -0.2) is 9.59 Å². The van der Waals surface area contributed by atoms with Crippen molar-refractivity contribution in [2.45, 2.75) is 33.0 Å². The molecule has 2 aromatic rings. The van der Waals surface area contributed by atoms with Crippen LogP contribution >= 0.6 is 0 Å². The first-order valence-corrected chi connectivity index (χ1v) is 7.91. The Hall–Kier alpha value is -3.02. The molecule has 132 valence electrons. The highest BCUT2D eigenvalue weighted by atomic mass is 16.6. The molecule has 2 aromatic carbocycles. The average Bonchev–Trinajstić information content (AvgIpc) is 2.58. The number of carbonyl (C=O) groups excluding carboxylic acids is 2. The molecule has 6 heteroatoms. The van der Waals surface area contributed by atoms with Crippen LogP contribution in [0.1, 0.15) is 26.3 Å². The molecule has 0 spiro atoms. The summed E-state index contributed by atoms with van der Waals surface area (Å²) in [7, 11) is 0. The fourth-order valence-electron chi connectivity index (χ4n) is 1.90. The zero-order chi connectivity index (χ0) is 18.3. The van der Waals surface area contributed by atoms with Gasteiger partial charge in [0.25, 0.3) is 0 Å². The lowest BCUT2D eigenvalue weighted by molar-refractivity contribution is 0.0257. The molecule has 0 fully saturated rings. The molecule has 2 amide bonds. The highest BCUT2D eigenvalue weighted by Gasteiger charge is 2.29. The van der Waals surface area contributed by atoms with Gasteiger partial charge in [0, 0.05) is 0 Å². The van der Waals surface area contributed by atoms with E-state index in [-0.39, 0.29) is 6.61 Å². The standard InChI is InChI=1S/C19H22N2O4/c1-19(2,3)25-18(23)21(20-16-12-8-5-9-13-16)17(22)24-14-15-10-6-4-7-11-15/h4-13,20H,14H2,1-3H3. The molecule has 0 saturated heterocycles. The third-order valence-corrected chi connectivity index (χ3v) is 2.98. The first-order chi connectivity index (χ1) is 11.8. The maximum absolute atomic E-state index is 12.4. The van der Waals surface area contributed by atoms with Gasteiger partial charge in [-0.1, -0.05) is 48.5 Å². The summed E-state index contributed by atoms with van der Waals surface area (Å²) in [4.78, 5) is 24.7. The van der Waals surface area contributed by atoms with E-state index in [9.17, 15) is 9.59 Å². The van der Waals surface area contributed by atoms with Gasteiger partial charge in [-0.15, -0.1) is 5.01 Å². The van der Waals surface area contributed by atoms with Crippen LogP contribution in [0.5, 0.6) is 0 Å². The number of para-hydroxylation sites is 1. The number of nitrogens with one attached hydrogen (secondary N) is 1. The highest BCUT2D eigenvalue weighted by molar-refractivity contribution is 5.89. The number of hydrogen-bond donors (Lipinski definition) is 1. The van der Waals surface area contributed by atoms with Crippen LogP contribution in [0.2, 0.25) is 0 Å². The van der Waals surface area contributed by atoms with Crippen LogP contribution in [0.4, 0.5) is 15.3 Å². The third-order valence-electron chi connectivity index (χ3n) is 2.98. The van der Waals surface area contributed by atoms with E-state index in [1.54, 1.807) is 45.0 Å². The number of imide groups is 1. The molecule has 0 atom stereocenters. The Bertz CT molecular complexity index is 696. The van der Waals surface area contributed by atoms with Crippen molar-refractivity contribution in [2.24, 2.45) is 0 Å². The molecule has 0 aliphatic heterocycles. The van der Waals surface area contributed by atoms with Crippen molar-refractivity contribution in [3.05, 3.63) is 66.2 Å². The monoisotopic (exact) mass is 342 g/mol. The number of anilines is 1. The second-order valence-electron chi connectivity index (χ2n) is 6.33. The van der Waals surface area contributed by atoms with Crippen LogP contribution in [0, 0.1) is 0 Å². The number of carbonyl (C=O) groups is 2. The molecular formula is C19H22N2O4. The van der Waals surface area contributed by atoms with Gasteiger partial charge in [-0.2, -0.15) is 0 Å². The number of hydrogen-bond acceptors (Lipinski definition) is 5. The minimum Gasteiger partial charge on any atom is -0.443 e. The summed E-state index contributed by atoms with van der Waals surface area (Å²) in [5.74, 6) is 0. The SMILES string of the molecule is CC(C)(C)OC(=O)N(Nc1ccccc1)C(=O)OCc1ccccc1. The summed E-state index contributed by atoms with van der Waals surface area (Å²) in [5, 5.41) is 0.726. The van der Waals surface area contributed by atoms with Gasteiger partial charge in [0.05, 0.1) is 5.69 Å². The van der Waals surface area contributed by atoms with Crippen molar-refractivity contribution < 1.29 is 19.1 Å². The summed E-state index contributed by atoms with van der Waals surface area (Å²) < 4.78 is 10.5. The van der Waals surface area contributed by atoms with E-state index in [0.29, 0.717) is 5.69 Å². The number of hydrazine groups is 1. The topological polar surface area (TPSA) is 67.9 Å². The Balaban J connectivity index is 2.09. The molecule has 0 saturated carbocycles. The summed E-state index contributed by atoms with van der Waals surface area (Å²) in [5.41, 5.74) is 3.36. The van der Waals surface area contributed by atoms with Crippen molar-refractivity contribution in [1.29, 1.82) is 0 Å². The highest BCUT2D eigenvalue weighted by Crippen LogP contribution is 2.14. The van der Waals surface area contributed by atoms with Crippen LogP contribution in [-0.2, 0) is 16.1 Å². The third kappa shape index (κ3) is 6.18. The maximum Gasteiger partial charge on any atom is 0.439 e. The zero-order valence-corrected chi connectivity index (χ0v) is 14.6. The molecule has 2 rings (SSSR count). The molecule has 0 aliphatic rings. The number of rotatable bonds is 4. The van der Waals surface area contributed by atoms with Crippen molar-refractivity contribution in [3.8, 4) is 0 Å². The molecule has 25 heavy (non-hydrogen) atoms. The summed E-state index contributed by atoms with van der Waals surface area (Å²) >= 11 is 0. The van der Waals surface area contributed by atoms with E-state index in [2.05, 4.69) is 5.43 Å². The van der Waals surface area contributed by atoms with E-state index in [0.717, 1.165) is 10.6 Å². The van der Waals surface area contributed by atoms with E-state index >= 15 is 0 Å². The Kier molecular flexibility index (Phi) is 6.00. The average molecular weight is 342 g/mol. The van der Waals surface area contributed by atoms with Crippen molar-refractivity contribution in [1.82, 2.24) is 5.01 Å². The van der Waals surface area contributed by atoms with Gasteiger partial charge in [0.1, 0.15) is 12.2 Å². The smallest absolute Gasteiger partial charge is 0.439 e. The van der Waals surface area contributed by atoms with Crippen molar-refractivity contribution >= 4 is 17.9 Å². The van der Waals surface area contributed by atoms with Crippen LogP contribution in [-0.4, -0.2) is 22.8 Å². The maximum atomic E-state index is 12.4. The van der Waals surface area contributed by atoms with E-state index in [1.807, 2.05) is 36.4 Å². The van der Waals surface area contributed by atoms with Gasteiger partial charge < -0.3 is 9.47 Å². The number of benzene rings is 2. The van der Waals surface area contributed by atoms with Crippen LogP contribution in [0.25, 0.3) is 0 Å². The number of amides is 2. The molecular weight excluding hydrogens is 320 g/mol. The van der Waals surface area contributed by atoms with Gasteiger partial charge in [0.15, 0.2) is 0 Å². The van der Waals surface area contributed by atoms with Crippen LogP contribution in [0.3, 0.4) is 0 Å². The molecule has 6 nitrogen and oxygen atoms in total. The molecule has 0 aromatic heterocycles. The van der Waals surface area contributed by atoms with Crippen LogP contribution in [0.15, 0.2) is 60.7 Å². The van der Waals surface area contributed by atoms with Crippen LogP contribution < -0.4 is 5.43 Å². The predicted octanol–water partition coefficient (Wildman–Crippen LogP) is 4.59. The van der Waals surface area contributed by atoms with E-state index < -0.39 is 17.8 Å². The Labute approximate surface area is 147 Å². The second kappa shape index (κ2) is 8.19. The number of ether oxygens (including phenoxy) is 2. The van der Waals surface area contributed by atoms with E-state index in [1.165, 1.54) is 0 Å². The van der Waals surface area contributed by atoms with E-state index in [4.69, 9.17) is 9.47 Å². The normalized spacial score (nSPS) is 10.7. The lowest BCUT2D eigenvalue weighted by Gasteiger charge is -2.26. The summed E-state index contributed by atoms with van der Waals surface area (Å²) in [6, 6.07) is 18.1. The Morgan fingerprint density at radius 2 is 1.48 bits per heavy atom.